The van der Waals surface area contributed by atoms with Crippen molar-refractivity contribution in [3.8, 4) is 17.1 Å². The Hall–Kier alpha value is -1.33. The molecule has 0 bridgehead atoms. The van der Waals surface area contributed by atoms with Gasteiger partial charge in [0.05, 0.1) is 5.02 Å². The fraction of sp³-hybridized carbons (Fsp3) is 0.111. The monoisotopic (exact) mass is 241 g/mol. The fourth-order valence-corrected chi connectivity index (χ4v) is 1.56. The molecule has 0 fully saturated rings. The second-order valence-electron chi connectivity index (χ2n) is 3.08. The van der Waals surface area contributed by atoms with Crippen LogP contribution in [0.1, 0.15) is 0 Å². The SMILES string of the molecule is Cn1c(-c2ccc(O)c(Cl)c2)n[nH]c1=S. The van der Waals surface area contributed by atoms with Gasteiger partial charge >= 0.3 is 0 Å². The molecule has 6 heteroatoms. The number of nitrogens with one attached hydrogen (secondary N) is 1. The molecule has 0 saturated carbocycles. The summed E-state index contributed by atoms with van der Waals surface area (Å²) < 4.78 is 2.27. The molecule has 2 aromatic rings. The summed E-state index contributed by atoms with van der Waals surface area (Å²) in [4.78, 5) is 0. The van der Waals surface area contributed by atoms with E-state index >= 15 is 0 Å². The van der Waals surface area contributed by atoms with Crippen LogP contribution in [0.5, 0.6) is 5.75 Å². The quantitative estimate of drug-likeness (QED) is 0.755. The van der Waals surface area contributed by atoms with Gasteiger partial charge in [-0.25, -0.2) is 0 Å². The lowest BCUT2D eigenvalue weighted by Crippen LogP contribution is -1.92. The number of aromatic hydroxyl groups is 1. The summed E-state index contributed by atoms with van der Waals surface area (Å²) in [6, 6.07) is 4.89. The van der Waals surface area contributed by atoms with E-state index in [0.29, 0.717) is 15.6 Å². The third-order valence-corrected chi connectivity index (χ3v) is 2.75. The van der Waals surface area contributed by atoms with E-state index < -0.39 is 0 Å². The van der Waals surface area contributed by atoms with Crippen LogP contribution in [-0.2, 0) is 7.05 Å². The highest BCUT2D eigenvalue weighted by Gasteiger charge is 2.07. The largest absolute Gasteiger partial charge is 0.506 e. The van der Waals surface area contributed by atoms with Crippen LogP contribution in [0.2, 0.25) is 5.02 Å². The standard InChI is InChI=1S/C9H8ClN3OS/c1-13-8(11-12-9(13)15)5-2-3-7(14)6(10)4-5/h2-4,14H,1H3,(H,12,15). The van der Waals surface area contributed by atoms with Crippen molar-refractivity contribution in [2.45, 2.75) is 0 Å². The summed E-state index contributed by atoms with van der Waals surface area (Å²) >= 11 is 10.8. The third-order valence-electron chi connectivity index (χ3n) is 2.09. The van der Waals surface area contributed by atoms with E-state index in [-0.39, 0.29) is 5.75 Å². The normalized spacial score (nSPS) is 10.5. The van der Waals surface area contributed by atoms with E-state index in [4.69, 9.17) is 23.8 Å². The summed E-state index contributed by atoms with van der Waals surface area (Å²) in [6.07, 6.45) is 0. The maximum atomic E-state index is 9.28. The van der Waals surface area contributed by atoms with Crippen LogP contribution in [-0.4, -0.2) is 19.9 Å². The number of nitrogens with zero attached hydrogens (tertiary/aromatic N) is 2. The van der Waals surface area contributed by atoms with Crippen LogP contribution in [0, 0.1) is 4.77 Å². The number of benzene rings is 1. The van der Waals surface area contributed by atoms with E-state index in [0.717, 1.165) is 5.56 Å². The van der Waals surface area contributed by atoms with Crippen molar-refractivity contribution in [2.24, 2.45) is 7.05 Å². The summed E-state index contributed by atoms with van der Waals surface area (Å²) in [7, 11) is 1.81. The van der Waals surface area contributed by atoms with Gasteiger partial charge in [0, 0.05) is 12.6 Å². The van der Waals surface area contributed by atoms with Crippen LogP contribution in [0.4, 0.5) is 0 Å². The molecule has 0 amide bonds. The molecule has 0 spiro atoms. The van der Waals surface area contributed by atoms with Gasteiger partial charge < -0.3 is 9.67 Å². The molecule has 2 N–H and O–H groups in total. The lowest BCUT2D eigenvalue weighted by atomic mass is 10.2. The Morgan fingerprint density at radius 2 is 2.27 bits per heavy atom. The number of hydrogen-bond acceptors (Lipinski definition) is 3. The zero-order valence-corrected chi connectivity index (χ0v) is 9.43. The predicted octanol–water partition coefficient (Wildman–Crippen LogP) is 2.50. The minimum Gasteiger partial charge on any atom is -0.506 e. The van der Waals surface area contributed by atoms with Crippen molar-refractivity contribution in [3.63, 3.8) is 0 Å². The lowest BCUT2D eigenvalue weighted by Gasteiger charge is -2.02. The average Bonchev–Trinajstić information content (AvgIpc) is 2.53. The first-order chi connectivity index (χ1) is 7.09. The number of H-pyrrole nitrogens is 1. The van der Waals surface area contributed by atoms with E-state index in [2.05, 4.69) is 10.2 Å². The summed E-state index contributed by atoms with van der Waals surface area (Å²) in [5.74, 6) is 0.735. The van der Waals surface area contributed by atoms with Gasteiger partial charge in [-0.1, -0.05) is 11.6 Å². The summed E-state index contributed by atoms with van der Waals surface area (Å²) in [5.41, 5.74) is 0.799. The molecule has 0 unspecified atom stereocenters. The fourth-order valence-electron chi connectivity index (χ4n) is 1.25. The lowest BCUT2D eigenvalue weighted by molar-refractivity contribution is 0.475. The Morgan fingerprint density at radius 1 is 1.53 bits per heavy atom. The maximum absolute atomic E-state index is 9.28. The average molecular weight is 242 g/mol. The first kappa shape index (κ1) is 10.2. The zero-order chi connectivity index (χ0) is 11.0. The van der Waals surface area contributed by atoms with E-state index in [1.54, 1.807) is 16.7 Å². The Kier molecular flexibility index (Phi) is 2.50. The van der Waals surface area contributed by atoms with Crippen LogP contribution in [0.15, 0.2) is 18.2 Å². The molecule has 1 heterocycles. The highest BCUT2D eigenvalue weighted by atomic mass is 35.5. The first-order valence-electron chi connectivity index (χ1n) is 4.20. The van der Waals surface area contributed by atoms with E-state index in [1.807, 2.05) is 7.05 Å². The molecule has 1 aromatic carbocycles. The Labute approximate surface area is 96.1 Å². The number of hydrogen-bond donors (Lipinski definition) is 2. The van der Waals surface area contributed by atoms with Crippen molar-refractivity contribution >= 4 is 23.8 Å². The number of phenols is 1. The van der Waals surface area contributed by atoms with Gasteiger partial charge in [-0.3, -0.25) is 5.10 Å². The second kappa shape index (κ2) is 3.67. The molecule has 0 saturated heterocycles. The van der Waals surface area contributed by atoms with Gasteiger partial charge in [-0.2, -0.15) is 5.10 Å². The van der Waals surface area contributed by atoms with Crippen molar-refractivity contribution < 1.29 is 5.11 Å². The molecule has 1 aromatic heterocycles. The van der Waals surface area contributed by atoms with Crippen molar-refractivity contribution in [2.75, 3.05) is 0 Å². The van der Waals surface area contributed by atoms with Crippen molar-refractivity contribution in [1.82, 2.24) is 14.8 Å². The highest BCUT2D eigenvalue weighted by Crippen LogP contribution is 2.28. The summed E-state index contributed by atoms with van der Waals surface area (Å²) in [5, 5.41) is 16.3. The minimum atomic E-state index is 0.0530. The van der Waals surface area contributed by atoms with Gasteiger partial charge in [0.25, 0.3) is 0 Å². The third kappa shape index (κ3) is 1.75. The number of halogens is 1. The molecule has 0 radical (unpaired) electrons. The Bertz CT molecular complexity index is 561. The first-order valence-corrected chi connectivity index (χ1v) is 4.98. The highest BCUT2D eigenvalue weighted by molar-refractivity contribution is 7.71. The van der Waals surface area contributed by atoms with Gasteiger partial charge in [0.15, 0.2) is 10.6 Å². The smallest absolute Gasteiger partial charge is 0.195 e. The molecule has 0 aliphatic rings. The Morgan fingerprint density at radius 3 is 2.80 bits per heavy atom. The van der Waals surface area contributed by atoms with E-state index in [1.165, 1.54) is 6.07 Å². The minimum absolute atomic E-state index is 0.0530. The van der Waals surface area contributed by atoms with Crippen LogP contribution < -0.4 is 0 Å². The van der Waals surface area contributed by atoms with Crippen LogP contribution >= 0.6 is 23.8 Å². The molecule has 4 nitrogen and oxygen atoms in total. The van der Waals surface area contributed by atoms with Gasteiger partial charge in [-0.05, 0) is 30.4 Å². The van der Waals surface area contributed by atoms with Crippen LogP contribution in [0.3, 0.4) is 0 Å². The molecule has 78 valence electrons. The molecule has 15 heavy (non-hydrogen) atoms. The van der Waals surface area contributed by atoms with Crippen molar-refractivity contribution in [3.05, 3.63) is 28.0 Å². The predicted molar refractivity (Wildman–Crippen MR) is 60.5 cm³/mol. The maximum Gasteiger partial charge on any atom is 0.195 e. The molecule has 0 aliphatic heterocycles. The van der Waals surface area contributed by atoms with Crippen molar-refractivity contribution in [1.29, 1.82) is 0 Å². The van der Waals surface area contributed by atoms with Gasteiger partial charge in [-0.15, -0.1) is 0 Å². The molecule has 0 aliphatic carbocycles. The number of aromatic nitrogens is 3. The number of aromatic amines is 1. The molecular formula is C9H8ClN3OS. The Balaban J connectivity index is 2.59. The molecule has 2 rings (SSSR count). The molecular weight excluding hydrogens is 234 g/mol. The van der Waals surface area contributed by atoms with Crippen LogP contribution in [0.25, 0.3) is 11.4 Å². The van der Waals surface area contributed by atoms with Gasteiger partial charge in [0.2, 0.25) is 0 Å². The number of rotatable bonds is 1. The molecule has 0 atom stereocenters. The number of phenolic OH excluding ortho intramolecular Hbond substituents is 1. The zero-order valence-electron chi connectivity index (χ0n) is 7.86. The van der Waals surface area contributed by atoms with Gasteiger partial charge in [0.1, 0.15) is 5.75 Å². The van der Waals surface area contributed by atoms with E-state index in [9.17, 15) is 5.11 Å². The second-order valence-corrected chi connectivity index (χ2v) is 3.87. The summed E-state index contributed by atoms with van der Waals surface area (Å²) in [6.45, 7) is 0. The topological polar surface area (TPSA) is 53.8 Å².